The van der Waals surface area contributed by atoms with Gasteiger partial charge in [0.2, 0.25) is 0 Å². The minimum atomic E-state index is -0.183. The summed E-state index contributed by atoms with van der Waals surface area (Å²) in [7, 11) is 1.84. The second-order valence-corrected chi connectivity index (χ2v) is 6.10. The lowest BCUT2D eigenvalue weighted by Gasteiger charge is -2.40. The van der Waals surface area contributed by atoms with Crippen molar-refractivity contribution in [1.29, 1.82) is 0 Å². The number of hydrogen-bond acceptors (Lipinski definition) is 4. The maximum absolute atomic E-state index is 11.8. The fraction of sp³-hybridized carbons (Fsp3) is 0.933. The van der Waals surface area contributed by atoms with Gasteiger partial charge < -0.3 is 15.0 Å². The van der Waals surface area contributed by atoms with Crippen molar-refractivity contribution in [3.63, 3.8) is 0 Å². The molecule has 2 rings (SSSR count). The van der Waals surface area contributed by atoms with Crippen LogP contribution in [0.1, 0.15) is 45.4 Å². The number of likely N-dealkylation sites (N-methyl/N-ethyl adjacent to an activating group) is 1. The Kier molecular flexibility index (Phi) is 5.22. The summed E-state index contributed by atoms with van der Waals surface area (Å²) in [6.07, 6.45) is 8.31. The molecule has 4 heteroatoms. The molecule has 1 saturated carbocycles. The smallest absolute Gasteiger partial charge is 0.324 e. The molecule has 1 spiro atoms. The van der Waals surface area contributed by atoms with Gasteiger partial charge in [-0.1, -0.05) is 12.8 Å². The minimum Gasteiger partial charge on any atom is -0.465 e. The first-order chi connectivity index (χ1) is 9.19. The van der Waals surface area contributed by atoms with Crippen molar-refractivity contribution in [2.24, 2.45) is 5.41 Å². The van der Waals surface area contributed by atoms with Crippen LogP contribution in [0.2, 0.25) is 0 Å². The Morgan fingerprint density at radius 1 is 1.26 bits per heavy atom. The molecule has 1 heterocycles. The van der Waals surface area contributed by atoms with Crippen LogP contribution in [-0.4, -0.2) is 50.2 Å². The molecule has 0 aromatic carbocycles. The third kappa shape index (κ3) is 3.69. The van der Waals surface area contributed by atoms with E-state index in [-0.39, 0.29) is 12.0 Å². The maximum Gasteiger partial charge on any atom is 0.324 e. The van der Waals surface area contributed by atoms with Crippen molar-refractivity contribution >= 4 is 5.97 Å². The predicted molar refractivity (Wildman–Crippen MR) is 76.1 cm³/mol. The van der Waals surface area contributed by atoms with Crippen molar-refractivity contribution in [2.45, 2.75) is 51.5 Å². The summed E-state index contributed by atoms with van der Waals surface area (Å²) < 4.78 is 5.10. The zero-order valence-electron chi connectivity index (χ0n) is 12.4. The molecule has 1 N–H and O–H groups in total. The SMILES string of the molecule is CCOC(=O)C(CN1CCC2(CCCC2)CC1)NC. The highest BCUT2D eigenvalue weighted by molar-refractivity contribution is 5.76. The van der Waals surface area contributed by atoms with Crippen LogP contribution in [0.25, 0.3) is 0 Å². The van der Waals surface area contributed by atoms with Crippen molar-refractivity contribution in [3.05, 3.63) is 0 Å². The lowest BCUT2D eigenvalue weighted by molar-refractivity contribution is -0.146. The molecule has 1 atom stereocenters. The van der Waals surface area contributed by atoms with Gasteiger partial charge in [0, 0.05) is 6.54 Å². The van der Waals surface area contributed by atoms with Gasteiger partial charge in [-0.3, -0.25) is 4.79 Å². The molecule has 0 radical (unpaired) electrons. The molecule has 1 aliphatic carbocycles. The molecule has 1 aliphatic heterocycles. The van der Waals surface area contributed by atoms with Crippen molar-refractivity contribution < 1.29 is 9.53 Å². The third-order valence-electron chi connectivity index (χ3n) is 4.94. The van der Waals surface area contributed by atoms with Crippen LogP contribution >= 0.6 is 0 Å². The third-order valence-corrected chi connectivity index (χ3v) is 4.94. The topological polar surface area (TPSA) is 41.6 Å². The number of hydrogen-bond donors (Lipinski definition) is 1. The summed E-state index contributed by atoms with van der Waals surface area (Å²) in [6.45, 7) is 5.37. The van der Waals surface area contributed by atoms with Crippen molar-refractivity contribution in [2.75, 3.05) is 33.3 Å². The Morgan fingerprint density at radius 3 is 2.42 bits per heavy atom. The van der Waals surface area contributed by atoms with Gasteiger partial charge >= 0.3 is 5.97 Å². The first-order valence-electron chi connectivity index (χ1n) is 7.75. The van der Waals surface area contributed by atoms with E-state index in [1.165, 1.54) is 38.5 Å². The molecule has 2 fully saturated rings. The summed E-state index contributed by atoms with van der Waals surface area (Å²) in [5, 5.41) is 3.08. The summed E-state index contributed by atoms with van der Waals surface area (Å²) in [6, 6.07) is -0.183. The van der Waals surface area contributed by atoms with E-state index in [9.17, 15) is 4.79 Å². The highest BCUT2D eigenvalue weighted by Gasteiger charge is 2.37. The number of esters is 1. The number of likely N-dealkylation sites (tertiary alicyclic amines) is 1. The second-order valence-electron chi connectivity index (χ2n) is 6.10. The Hall–Kier alpha value is -0.610. The van der Waals surface area contributed by atoms with E-state index in [0.29, 0.717) is 12.0 Å². The second kappa shape index (κ2) is 6.71. The fourth-order valence-electron chi connectivity index (χ4n) is 3.62. The molecular weight excluding hydrogens is 240 g/mol. The van der Waals surface area contributed by atoms with E-state index in [2.05, 4.69) is 10.2 Å². The largest absolute Gasteiger partial charge is 0.465 e. The quantitative estimate of drug-likeness (QED) is 0.772. The average Bonchev–Trinajstić information content (AvgIpc) is 2.87. The van der Waals surface area contributed by atoms with Gasteiger partial charge in [-0.2, -0.15) is 0 Å². The number of carbonyl (C=O) groups is 1. The van der Waals surface area contributed by atoms with E-state index in [1.807, 2.05) is 14.0 Å². The zero-order valence-corrected chi connectivity index (χ0v) is 12.4. The number of carbonyl (C=O) groups excluding carboxylic acids is 1. The van der Waals surface area contributed by atoms with E-state index < -0.39 is 0 Å². The van der Waals surface area contributed by atoms with Gasteiger partial charge in [-0.25, -0.2) is 0 Å². The normalized spacial score (nSPS) is 24.5. The molecule has 0 aromatic rings. The van der Waals surface area contributed by atoms with Crippen LogP contribution in [0.4, 0.5) is 0 Å². The summed E-state index contributed by atoms with van der Waals surface area (Å²) >= 11 is 0. The lowest BCUT2D eigenvalue weighted by Crippen LogP contribution is -2.49. The first kappa shape index (κ1) is 14.8. The Labute approximate surface area is 116 Å². The van der Waals surface area contributed by atoms with Crippen LogP contribution in [-0.2, 0) is 9.53 Å². The molecule has 110 valence electrons. The van der Waals surface area contributed by atoms with Crippen molar-refractivity contribution in [1.82, 2.24) is 10.2 Å². The van der Waals surface area contributed by atoms with Gasteiger partial charge in [0.25, 0.3) is 0 Å². The average molecular weight is 268 g/mol. The maximum atomic E-state index is 11.8. The van der Waals surface area contributed by atoms with E-state index in [4.69, 9.17) is 4.74 Å². The summed E-state index contributed by atoms with van der Waals surface area (Å²) in [4.78, 5) is 14.2. The van der Waals surface area contributed by atoms with Gasteiger partial charge in [0.15, 0.2) is 0 Å². The molecule has 0 aromatic heterocycles. The monoisotopic (exact) mass is 268 g/mol. The fourth-order valence-corrected chi connectivity index (χ4v) is 3.62. The zero-order chi connectivity index (χ0) is 13.7. The van der Waals surface area contributed by atoms with Gasteiger partial charge in [-0.05, 0) is 58.2 Å². The number of ether oxygens (including phenoxy) is 1. The standard InChI is InChI=1S/C15H28N2O2/c1-3-19-14(18)13(16-2)12-17-10-8-15(9-11-17)6-4-5-7-15/h13,16H,3-12H2,1-2H3. The number of piperidine rings is 1. The van der Waals surface area contributed by atoms with Gasteiger partial charge in [0.05, 0.1) is 6.61 Å². The first-order valence-corrected chi connectivity index (χ1v) is 7.75. The van der Waals surface area contributed by atoms with E-state index >= 15 is 0 Å². The Bertz CT molecular complexity index is 291. The minimum absolute atomic E-state index is 0.119. The predicted octanol–water partition coefficient (Wildman–Crippen LogP) is 1.79. The highest BCUT2D eigenvalue weighted by Crippen LogP contribution is 2.46. The molecule has 0 bridgehead atoms. The van der Waals surface area contributed by atoms with Crippen LogP contribution in [0.15, 0.2) is 0 Å². The molecule has 4 nitrogen and oxygen atoms in total. The van der Waals surface area contributed by atoms with Crippen molar-refractivity contribution in [3.8, 4) is 0 Å². The lowest BCUT2D eigenvalue weighted by atomic mass is 9.77. The van der Waals surface area contributed by atoms with Gasteiger partial charge in [0.1, 0.15) is 6.04 Å². The van der Waals surface area contributed by atoms with Crippen LogP contribution in [0.3, 0.4) is 0 Å². The van der Waals surface area contributed by atoms with Gasteiger partial charge in [-0.15, -0.1) is 0 Å². The van der Waals surface area contributed by atoms with Crippen LogP contribution in [0.5, 0.6) is 0 Å². The summed E-state index contributed by atoms with van der Waals surface area (Å²) in [5.74, 6) is -0.119. The molecular formula is C15H28N2O2. The van der Waals surface area contributed by atoms with Crippen LogP contribution in [0, 0.1) is 5.41 Å². The number of rotatable bonds is 5. The molecule has 0 amide bonds. The highest BCUT2D eigenvalue weighted by atomic mass is 16.5. The summed E-state index contributed by atoms with van der Waals surface area (Å²) in [5.41, 5.74) is 0.648. The van der Waals surface area contributed by atoms with Crippen LogP contribution < -0.4 is 5.32 Å². The number of nitrogens with one attached hydrogen (secondary N) is 1. The van der Waals surface area contributed by atoms with E-state index in [0.717, 1.165) is 19.6 Å². The molecule has 1 saturated heterocycles. The Morgan fingerprint density at radius 2 is 1.89 bits per heavy atom. The molecule has 2 aliphatic rings. The Balaban J connectivity index is 1.79. The molecule has 19 heavy (non-hydrogen) atoms. The molecule has 1 unspecified atom stereocenters. The number of nitrogens with zero attached hydrogens (tertiary/aromatic N) is 1. The van der Waals surface area contributed by atoms with E-state index in [1.54, 1.807) is 0 Å².